The van der Waals surface area contributed by atoms with Crippen LogP contribution >= 0.6 is 0 Å². The molecule has 0 amide bonds. The molecule has 2 unspecified atom stereocenters. The van der Waals surface area contributed by atoms with E-state index in [4.69, 9.17) is 10.2 Å². The first kappa shape index (κ1) is 7.69. The minimum Gasteiger partial charge on any atom is -0.396 e. The summed E-state index contributed by atoms with van der Waals surface area (Å²) in [6.07, 6.45) is 1.26. The van der Waals surface area contributed by atoms with Crippen LogP contribution in [-0.2, 0) is 4.79 Å². The van der Waals surface area contributed by atoms with Gasteiger partial charge in [-0.05, 0) is 12.3 Å². The summed E-state index contributed by atoms with van der Waals surface area (Å²) < 4.78 is 0. The van der Waals surface area contributed by atoms with E-state index in [-0.39, 0.29) is 30.8 Å². The zero-order chi connectivity index (χ0) is 7.56. The number of ketones is 1. The van der Waals surface area contributed by atoms with Crippen LogP contribution in [0.2, 0.25) is 0 Å². The molecular weight excluding hydrogens is 132 g/mol. The molecule has 0 aromatic rings. The summed E-state index contributed by atoms with van der Waals surface area (Å²) >= 11 is 0. The van der Waals surface area contributed by atoms with Crippen LogP contribution < -0.4 is 0 Å². The molecule has 1 aliphatic carbocycles. The van der Waals surface area contributed by atoms with Crippen molar-refractivity contribution >= 4 is 5.78 Å². The van der Waals surface area contributed by atoms with Crippen molar-refractivity contribution in [1.29, 1.82) is 0 Å². The van der Waals surface area contributed by atoms with Crippen LogP contribution in [0.25, 0.3) is 0 Å². The molecule has 0 saturated heterocycles. The van der Waals surface area contributed by atoms with E-state index in [1.165, 1.54) is 0 Å². The fourth-order valence-electron chi connectivity index (χ4n) is 1.45. The highest BCUT2D eigenvalue weighted by Gasteiger charge is 2.33. The van der Waals surface area contributed by atoms with Gasteiger partial charge in [0.2, 0.25) is 0 Å². The van der Waals surface area contributed by atoms with Gasteiger partial charge in [0.25, 0.3) is 0 Å². The van der Waals surface area contributed by atoms with Gasteiger partial charge in [0, 0.05) is 18.9 Å². The van der Waals surface area contributed by atoms with E-state index in [1.807, 2.05) is 0 Å². The number of carbonyl (C=O) groups is 1. The van der Waals surface area contributed by atoms with Gasteiger partial charge in [-0.1, -0.05) is 0 Å². The standard InChI is InChI=1S/C7H12O3/c8-3-5-1-2-7(10)6(5)4-9/h5-6,8-9H,1-4H2. The molecule has 58 valence electrons. The van der Waals surface area contributed by atoms with Gasteiger partial charge in [0.1, 0.15) is 5.78 Å². The van der Waals surface area contributed by atoms with E-state index in [2.05, 4.69) is 0 Å². The third-order valence-corrected chi connectivity index (χ3v) is 2.18. The average molecular weight is 144 g/mol. The first-order chi connectivity index (χ1) is 4.79. The largest absolute Gasteiger partial charge is 0.396 e. The van der Waals surface area contributed by atoms with E-state index in [0.717, 1.165) is 6.42 Å². The van der Waals surface area contributed by atoms with Gasteiger partial charge in [-0.25, -0.2) is 0 Å². The van der Waals surface area contributed by atoms with Crippen LogP contribution in [0, 0.1) is 11.8 Å². The van der Waals surface area contributed by atoms with Crippen LogP contribution in [0.5, 0.6) is 0 Å². The fourth-order valence-corrected chi connectivity index (χ4v) is 1.45. The topological polar surface area (TPSA) is 57.5 Å². The molecule has 1 aliphatic rings. The van der Waals surface area contributed by atoms with E-state index in [9.17, 15) is 4.79 Å². The lowest BCUT2D eigenvalue weighted by Crippen LogP contribution is -2.21. The highest BCUT2D eigenvalue weighted by atomic mass is 16.3. The zero-order valence-corrected chi connectivity index (χ0v) is 5.79. The van der Waals surface area contributed by atoms with Gasteiger partial charge in [-0.3, -0.25) is 4.79 Å². The molecule has 2 N–H and O–H groups in total. The number of Topliss-reactive ketones (excluding diaryl/α,β-unsaturated/α-hetero) is 1. The summed E-state index contributed by atoms with van der Waals surface area (Å²) in [6, 6.07) is 0. The number of hydrogen-bond donors (Lipinski definition) is 2. The van der Waals surface area contributed by atoms with Crippen molar-refractivity contribution in [3.63, 3.8) is 0 Å². The Hall–Kier alpha value is -0.410. The van der Waals surface area contributed by atoms with Crippen LogP contribution in [0.3, 0.4) is 0 Å². The molecule has 3 heteroatoms. The van der Waals surface area contributed by atoms with Gasteiger partial charge >= 0.3 is 0 Å². The first-order valence-corrected chi connectivity index (χ1v) is 3.54. The second-order valence-electron chi connectivity index (χ2n) is 2.74. The predicted octanol–water partition coefficient (Wildman–Crippen LogP) is -0.434. The molecule has 0 aromatic carbocycles. The summed E-state index contributed by atoms with van der Waals surface area (Å²) in [5.41, 5.74) is 0. The van der Waals surface area contributed by atoms with Crippen molar-refractivity contribution in [2.24, 2.45) is 11.8 Å². The van der Waals surface area contributed by atoms with E-state index < -0.39 is 0 Å². The van der Waals surface area contributed by atoms with Crippen molar-refractivity contribution in [1.82, 2.24) is 0 Å². The highest BCUT2D eigenvalue weighted by molar-refractivity contribution is 5.83. The highest BCUT2D eigenvalue weighted by Crippen LogP contribution is 2.27. The Balaban J connectivity index is 2.54. The monoisotopic (exact) mass is 144 g/mol. The Morgan fingerprint density at radius 1 is 1.40 bits per heavy atom. The predicted molar refractivity (Wildman–Crippen MR) is 35.4 cm³/mol. The van der Waals surface area contributed by atoms with Crippen LogP contribution in [0.15, 0.2) is 0 Å². The molecule has 0 aliphatic heterocycles. The van der Waals surface area contributed by atoms with Crippen LogP contribution in [-0.4, -0.2) is 29.2 Å². The van der Waals surface area contributed by atoms with E-state index in [0.29, 0.717) is 6.42 Å². The Morgan fingerprint density at radius 2 is 2.10 bits per heavy atom. The lowest BCUT2D eigenvalue weighted by Gasteiger charge is -2.11. The van der Waals surface area contributed by atoms with Crippen LogP contribution in [0.4, 0.5) is 0 Å². The SMILES string of the molecule is O=C1CCC(CO)C1CO. The molecule has 0 heterocycles. The fraction of sp³-hybridized carbons (Fsp3) is 0.857. The number of rotatable bonds is 2. The van der Waals surface area contributed by atoms with Crippen molar-refractivity contribution in [3.8, 4) is 0 Å². The number of hydrogen-bond acceptors (Lipinski definition) is 3. The Morgan fingerprint density at radius 3 is 2.50 bits per heavy atom. The van der Waals surface area contributed by atoms with Gasteiger partial charge in [0.05, 0.1) is 6.61 Å². The van der Waals surface area contributed by atoms with Crippen molar-refractivity contribution in [3.05, 3.63) is 0 Å². The van der Waals surface area contributed by atoms with Gasteiger partial charge < -0.3 is 10.2 Å². The summed E-state index contributed by atoms with van der Waals surface area (Å²) in [4.78, 5) is 10.9. The second kappa shape index (κ2) is 3.12. The Labute approximate surface area is 59.7 Å². The molecule has 0 radical (unpaired) electrons. The second-order valence-corrected chi connectivity index (χ2v) is 2.74. The third-order valence-electron chi connectivity index (χ3n) is 2.18. The molecule has 3 nitrogen and oxygen atoms in total. The van der Waals surface area contributed by atoms with Crippen molar-refractivity contribution in [2.45, 2.75) is 12.8 Å². The quantitative estimate of drug-likeness (QED) is 0.552. The van der Waals surface area contributed by atoms with Gasteiger partial charge in [-0.15, -0.1) is 0 Å². The molecule has 10 heavy (non-hydrogen) atoms. The third kappa shape index (κ3) is 1.20. The van der Waals surface area contributed by atoms with Crippen molar-refractivity contribution < 1.29 is 15.0 Å². The maximum absolute atomic E-state index is 10.9. The summed E-state index contributed by atoms with van der Waals surface area (Å²) in [6.45, 7) is -0.0823. The summed E-state index contributed by atoms with van der Waals surface area (Å²) in [5.74, 6) is -0.177. The molecule has 0 spiro atoms. The minimum atomic E-state index is -0.287. The summed E-state index contributed by atoms with van der Waals surface area (Å²) in [5, 5.41) is 17.4. The first-order valence-electron chi connectivity index (χ1n) is 3.54. The molecule has 2 atom stereocenters. The number of aliphatic hydroxyl groups is 2. The molecule has 1 saturated carbocycles. The van der Waals surface area contributed by atoms with E-state index >= 15 is 0 Å². The Kier molecular flexibility index (Phi) is 2.40. The molecule has 0 aromatic heterocycles. The molecule has 1 rings (SSSR count). The normalized spacial score (nSPS) is 33.2. The number of aliphatic hydroxyl groups excluding tert-OH is 2. The maximum Gasteiger partial charge on any atom is 0.138 e. The number of carbonyl (C=O) groups excluding carboxylic acids is 1. The minimum absolute atomic E-state index is 0.0116. The Bertz CT molecular complexity index is 133. The van der Waals surface area contributed by atoms with Gasteiger partial charge in [-0.2, -0.15) is 0 Å². The molecular formula is C7H12O3. The maximum atomic E-state index is 10.9. The van der Waals surface area contributed by atoms with Crippen LogP contribution in [0.1, 0.15) is 12.8 Å². The summed E-state index contributed by atoms with van der Waals surface area (Å²) in [7, 11) is 0. The average Bonchev–Trinajstić information content (AvgIpc) is 2.30. The zero-order valence-electron chi connectivity index (χ0n) is 5.79. The van der Waals surface area contributed by atoms with Gasteiger partial charge in [0.15, 0.2) is 0 Å². The van der Waals surface area contributed by atoms with E-state index in [1.54, 1.807) is 0 Å². The smallest absolute Gasteiger partial charge is 0.138 e. The lowest BCUT2D eigenvalue weighted by molar-refractivity contribution is -0.122. The lowest BCUT2D eigenvalue weighted by atomic mass is 9.98. The van der Waals surface area contributed by atoms with Crippen molar-refractivity contribution in [2.75, 3.05) is 13.2 Å². The molecule has 0 bridgehead atoms. The molecule has 1 fully saturated rings.